The third-order valence-corrected chi connectivity index (χ3v) is 20.6. The maximum Gasteiger partial charge on any atom is 0.472 e. The van der Waals surface area contributed by atoms with E-state index in [4.69, 9.17) is 37.0 Å². The SMILES string of the molecule is CCC(C)CCCCCCCCCCCCCCCCC(=O)O[C@H](COC(=O)CCCCCCCCC(C)CC)COP(=O)(O)OC[C@@H](O)COP(=O)(O)OC[C@@H](COC(=O)CCCCCCCCC(C)CC)OC(=O)CCCCCCCCCCCCCCCCC(C)C. The zero-order valence-corrected chi connectivity index (χ0v) is 64.1. The molecule has 8 atom stereocenters. The summed E-state index contributed by atoms with van der Waals surface area (Å²) in [5.74, 6) is 0.980. The lowest BCUT2D eigenvalue weighted by molar-refractivity contribution is -0.161. The van der Waals surface area contributed by atoms with Crippen molar-refractivity contribution in [3.63, 3.8) is 0 Å². The molecular formula is C76H148O17P2. The van der Waals surface area contributed by atoms with Crippen molar-refractivity contribution >= 4 is 39.5 Å². The molecule has 0 aliphatic heterocycles. The Morgan fingerprint density at radius 2 is 0.505 bits per heavy atom. The molecule has 0 aliphatic carbocycles. The minimum Gasteiger partial charge on any atom is -0.462 e. The lowest BCUT2D eigenvalue weighted by Crippen LogP contribution is -2.30. The summed E-state index contributed by atoms with van der Waals surface area (Å²) in [5, 5.41) is 10.6. The zero-order chi connectivity index (χ0) is 70.3. The van der Waals surface area contributed by atoms with Crippen LogP contribution in [0.1, 0.15) is 383 Å². The first-order valence-corrected chi connectivity index (χ1v) is 42.3. The number of aliphatic hydroxyl groups excluding tert-OH is 1. The number of hydrogen-bond donors (Lipinski definition) is 3. The van der Waals surface area contributed by atoms with E-state index in [2.05, 4.69) is 55.4 Å². The van der Waals surface area contributed by atoms with Gasteiger partial charge in [0.05, 0.1) is 26.4 Å². The van der Waals surface area contributed by atoms with Gasteiger partial charge in [0.15, 0.2) is 12.2 Å². The van der Waals surface area contributed by atoms with Crippen LogP contribution in [0, 0.1) is 23.7 Å². The van der Waals surface area contributed by atoms with E-state index >= 15 is 0 Å². The predicted molar refractivity (Wildman–Crippen MR) is 386 cm³/mol. The smallest absolute Gasteiger partial charge is 0.462 e. The van der Waals surface area contributed by atoms with Gasteiger partial charge in [-0.05, 0) is 49.4 Å². The largest absolute Gasteiger partial charge is 0.472 e. The number of aliphatic hydroxyl groups is 1. The van der Waals surface area contributed by atoms with Crippen LogP contribution in [0.2, 0.25) is 0 Å². The molecule has 0 aromatic carbocycles. The highest BCUT2D eigenvalue weighted by Crippen LogP contribution is 2.45. The van der Waals surface area contributed by atoms with Crippen molar-refractivity contribution in [2.24, 2.45) is 23.7 Å². The fraction of sp³-hybridized carbons (Fsp3) is 0.947. The predicted octanol–water partition coefficient (Wildman–Crippen LogP) is 22.0. The van der Waals surface area contributed by atoms with Gasteiger partial charge < -0.3 is 33.8 Å². The molecule has 0 aromatic rings. The number of unbranched alkanes of at least 4 members (excludes halogenated alkanes) is 36. The molecule has 0 radical (unpaired) electrons. The van der Waals surface area contributed by atoms with Gasteiger partial charge in [-0.15, -0.1) is 0 Å². The van der Waals surface area contributed by atoms with Crippen LogP contribution in [0.25, 0.3) is 0 Å². The van der Waals surface area contributed by atoms with E-state index in [1.807, 2.05) is 0 Å². The first kappa shape index (κ1) is 93.1. The highest BCUT2D eigenvalue weighted by Gasteiger charge is 2.30. The molecule has 5 unspecified atom stereocenters. The van der Waals surface area contributed by atoms with Crippen molar-refractivity contribution in [2.45, 2.75) is 401 Å². The van der Waals surface area contributed by atoms with Gasteiger partial charge in [-0.3, -0.25) is 37.3 Å². The highest BCUT2D eigenvalue weighted by molar-refractivity contribution is 7.47. The van der Waals surface area contributed by atoms with E-state index in [-0.39, 0.29) is 25.7 Å². The monoisotopic (exact) mass is 1400 g/mol. The van der Waals surface area contributed by atoms with Crippen LogP contribution in [0.3, 0.4) is 0 Å². The topological polar surface area (TPSA) is 237 Å². The zero-order valence-electron chi connectivity index (χ0n) is 62.3. The van der Waals surface area contributed by atoms with Crippen LogP contribution in [0.5, 0.6) is 0 Å². The van der Waals surface area contributed by atoms with Crippen LogP contribution in [-0.4, -0.2) is 96.7 Å². The molecular weight excluding hydrogens is 1250 g/mol. The molecule has 19 heteroatoms. The summed E-state index contributed by atoms with van der Waals surface area (Å²) in [7, 11) is -9.91. The maximum atomic E-state index is 13.1. The van der Waals surface area contributed by atoms with Gasteiger partial charge >= 0.3 is 39.5 Å². The molecule has 0 heterocycles. The summed E-state index contributed by atoms with van der Waals surface area (Å²) in [5.41, 5.74) is 0. The average molecular weight is 1400 g/mol. The fourth-order valence-electron chi connectivity index (χ4n) is 11.5. The van der Waals surface area contributed by atoms with Gasteiger partial charge in [0.2, 0.25) is 0 Å². The molecule has 0 amide bonds. The number of rotatable bonds is 73. The molecule has 0 aliphatic rings. The standard InChI is InChI=1S/C76H148O17P2/c1-9-67(6)53-45-37-29-25-21-17-13-15-19-23-27-31-43-51-59-76(81)93-72(63-87-74(79)57-49-41-35-33-39-47-55-69(8)11-3)65-91-95(84,85)89-61-70(77)60-88-94(82,83)90-64-71(62-86-73(78)56-48-40-34-32-38-46-54-68(7)10-2)92-75(80)58-50-42-30-26-22-18-14-12-16-20-24-28-36-44-52-66(4)5/h66-72,77H,9-65H2,1-8H3,(H,82,83)(H,84,85)/t67?,68?,69?,70-,71+,72+/m0/s1. The minimum atomic E-state index is -4.96. The third kappa shape index (κ3) is 66.4. The van der Waals surface area contributed by atoms with Crippen molar-refractivity contribution in [2.75, 3.05) is 39.6 Å². The van der Waals surface area contributed by atoms with Crippen molar-refractivity contribution < 1.29 is 80.2 Å². The molecule has 0 saturated carbocycles. The lowest BCUT2D eigenvalue weighted by atomic mass is 9.99. The summed E-state index contributed by atoms with van der Waals surface area (Å²) in [6.45, 7) is 14.2. The summed E-state index contributed by atoms with van der Waals surface area (Å²) in [4.78, 5) is 72.8. The molecule has 3 N–H and O–H groups in total. The van der Waals surface area contributed by atoms with Crippen molar-refractivity contribution in [3.05, 3.63) is 0 Å². The second kappa shape index (κ2) is 65.4. The molecule has 0 aromatic heterocycles. The number of phosphoric ester groups is 2. The number of esters is 4. The van der Waals surface area contributed by atoms with Gasteiger partial charge in [-0.2, -0.15) is 0 Å². The minimum absolute atomic E-state index is 0.106. The van der Waals surface area contributed by atoms with Crippen molar-refractivity contribution in [3.8, 4) is 0 Å². The number of carbonyl (C=O) groups is 4. The van der Waals surface area contributed by atoms with E-state index in [9.17, 15) is 43.2 Å². The quantitative estimate of drug-likeness (QED) is 0.0222. The molecule has 0 saturated heterocycles. The van der Waals surface area contributed by atoms with Gasteiger partial charge in [0.25, 0.3) is 0 Å². The normalized spacial score (nSPS) is 15.0. The van der Waals surface area contributed by atoms with Crippen molar-refractivity contribution in [1.29, 1.82) is 0 Å². The second-order valence-electron chi connectivity index (χ2n) is 28.6. The molecule has 17 nitrogen and oxygen atoms in total. The molecule has 95 heavy (non-hydrogen) atoms. The van der Waals surface area contributed by atoms with E-state index in [0.717, 1.165) is 126 Å². The van der Waals surface area contributed by atoms with Crippen LogP contribution in [0.4, 0.5) is 0 Å². The Morgan fingerprint density at radius 3 is 0.747 bits per heavy atom. The van der Waals surface area contributed by atoms with Gasteiger partial charge in [0, 0.05) is 25.7 Å². The van der Waals surface area contributed by atoms with Crippen LogP contribution >= 0.6 is 15.6 Å². The van der Waals surface area contributed by atoms with Gasteiger partial charge in [-0.25, -0.2) is 9.13 Å². The van der Waals surface area contributed by atoms with Crippen LogP contribution < -0.4 is 0 Å². The molecule has 564 valence electrons. The summed E-state index contributed by atoms with van der Waals surface area (Å²) in [6.07, 6.45) is 50.0. The highest BCUT2D eigenvalue weighted by atomic mass is 31.2. The van der Waals surface area contributed by atoms with E-state index in [0.29, 0.717) is 25.7 Å². The summed E-state index contributed by atoms with van der Waals surface area (Å²) < 4.78 is 68.5. The van der Waals surface area contributed by atoms with Crippen LogP contribution in [-0.2, 0) is 65.4 Å². The molecule has 0 fully saturated rings. The number of ether oxygens (including phenoxy) is 4. The second-order valence-corrected chi connectivity index (χ2v) is 31.5. The maximum absolute atomic E-state index is 13.1. The van der Waals surface area contributed by atoms with E-state index < -0.39 is 97.5 Å². The van der Waals surface area contributed by atoms with Gasteiger partial charge in [0.1, 0.15) is 19.3 Å². The Morgan fingerprint density at radius 1 is 0.295 bits per heavy atom. The van der Waals surface area contributed by atoms with Crippen molar-refractivity contribution in [1.82, 2.24) is 0 Å². The fourth-order valence-corrected chi connectivity index (χ4v) is 13.0. The Kier molecular flexibility index (Phi) is 64.0. The Labute approximate surface area is 581 Å². The van der Waals surface area contributed by atoms with E-state index in [1.165, 1.54) is 173 Å². The average Bonchev–Trinajstić information content (AvgIpc) is 1.84. The Hall–Kier alpha value is -1.94. The molecule has 0 spiro atoms. The number of hydrogen-bond acceptors (Lipinski definition) is 15. The number of phosphoric acid groups is 2. The van der Waals surface area contributed by atoms with E-state index in [1.54, 1.807) is 0 Å². The third-order valence-electron chi connectivity index (χ3n) is 18.7. The van der Waals surface area contributed by atoms with Gasteiger partial charge in [-0.1, -0.05) is 331 Å². The lowest BCUT2D eigenvalue weighted by Gasteiger charge is -2.21. The first-order chi connectivity index (χ1) is 45.7. The summed E-state index contributed by atoms with van der Waals surface area (Å²) >= 11 is 0. The van der Waals surface area contributed by atoms with Crippen LogP contribution in [0.15, 0.2) is 0 Å². The molecule has 0 bridgehead atoms. The number of carbonyl (C=O) groups excluding carboxylic acids is 4. The summed E-state index contributed by atoms with van der Waals surface area (Å²) in [6, 6.07) is 0. The Bertz CT molecular complexity index is 1870. The molecule has 0 rings (SSSR count). The Balaban J connectivity index is 5.22. The first-order valence-electron chi connectivity index (χ1n) is 39.3.